The third-order valence-corrected chi connectivity index (χ3v) is 18.3. The third-order valence-electron chi connectivity index (χ3n) is 16.7. The summed E-state index contributed by atoms with van der Waals surface area (Å²) in [5.74, 6) is 1.53. The number of esters is 1. The molecule has 0 aromatic heterocycles. The van der Waals surface area contributed by atoms with Crippen LogP contribution in [0.1, 0.15) is 102 Å². The molecule has 1 aliphatic heterocycles. The first-order chi connectivity index (χ1) is 24.4. The minimum Gasteiger partial charge on any atom is -0.465 e. The topological polar surface area (TPSA) is 116 Å². The Kier molecular flexibility index (Phi) is 9.58. The van der Waals surface area contributed by atoms with Gasteiger partial charge in [-0.15, -0.1) is 0 Å². The molecule has 0 spiro atoms. The van der Waals surface area contributed by atoms with Crippen molar-refractivity contribution in [2.75, 3.05) is 44.8 Å². The van der Waals surface area contributed by atoms with Crippen molar-refractivity contribution < 1.29 is 28.2 Å². The molecule has 1 aromatic carbocycles. The summed E-state index contributed by atoms with van der Waals surface area (Å²) < 4.78 is 29.0. The molecule has 5 aliphatic carbocycles. The van der Waals surface area contributed by atoms with Gasteiger partial charge in [0.25, 0.3) is 0 Å². The van der Waals surface area contributed by atoms with Gasteiger partial charge in [0.2, 0.25) is 0 Å². The Morgan fingerprint density at radius 1 is 0.981 bits per heavy atom. The predicted molar refractivity (Wildman–Crippen MR) is 206 cm³/mol. The number of carbonyl (C=O) groups is 1. The van der Waals surface area contributed by atoms with Crippen molar-refractivity contribution in [2.24, 2.45) is 51.2 Å². The van der Waals surface area contributed by atoms with E-state index in [1.807, 2.05) is 24.3 Å². The Morgan fingerprint density at radius 2 is 1.65 bits per heavy atom. The maximum Gasteiger partial charge on any atom is 0.337 e. The number of nitrogens with zero attached hydrogens (tertiary/aromatic N) is 1. The van der Waals surface area contributed by atoms with Crippen LogP contribution >= 0.6 is 0 Å². The van der Waals surface area contributed by atoms with Crippen LogP contribution in [-0.2, 0) is 14.6 Å². The van der Waals surface area contributed by atoms with Gasteiger partial charge in [-0.3, -0.25) is 0 Å². The minimum atomic E-state index is -2.92. The number of carbonyl (C=O) groups excluding carboxylic acids is 1. The quantitative estimate of drug-likeness (QED) is 0.226. The fourth-order valence-corrected chi connectivity index (χ4v) is 15.2. The molecule has 6 aliphatic rings. The van der Waals surface area contributed by atoms with Gasteiger partial charge in [-0.25, -0.2) is 13.2 Å². The number of hydrogen-bond acceptors (Lipinski definition) is 8. The zero-order chi connectivity index (χ0) is 37.6. The number of nitrogens with one attached hydrogen (secondary N) is 1. The molecule has 0 unspecified atom stereocenters. The Morgan fingerprint density at radius 3 is 2.29 bits per heavy atom. The summed E-state index contributed by atoms with van der Waals surface area (Å²) in [6.07, 6.45) is 7.69. The molecular formula is C43H64N2O6S. The normalized spacial score (nSPS) is 43.6. The molecule has 4 saturated carbocycles. The monoisotopic (exact) mass is 736 g/mol. The molecule has 5 fully saturated rings. The van der Waals surface area contributed by atoms with E-state index in [0.29, 0.717) is 43.3 Å². The van der Waals surface area contributed by atoms with Crippen LogP contribution in [0.15, 0.2) is 42.5 Å². The average molecular weight is 737 g/mol. The Hall–Kier alpha value is -2.04. The minimum absolute atomic E-state index is 0.0568. The second-order valence-electron chi connectivity index (χ2n) is 19.0. The summed E-state index contributed by atoms with van der Waals surface area (Å²) in [5, 5.41) is 29.4. The summed E-state index contributed by atoms with van der Waals surface area (Å²) in [7, 11) is -1.52. The number of aliphatic hydroxyl groups is 2. The number of hydrogen-bond donors (Lipinski definition) is 3. The number of benzene rings is 1. The lowest BCUT2D eigenvalue weighted by atomic mass is 9.31. The predicted octanol–water partition coefficient (Wildman–Crippen LogP) is 6.14. The third kappa shape index (κ3) is 5.56. The molecule has 1 heterocycles. The number of methoxy groups -OCH3 is 1. The highest BCUT2D eigenvalue weighted by Crippen LogP contribution is 2.76. The summed E-state index contributed by atoms with van der Waals surface area (Å²) in [5.41, 5.74) is 2.73. The smallest absolute Gasteiger partial charge is 0.337 e. The molecule has 0 amide bonds. The highest BCUT2D eigenvalue weighted by Gasteiger charge is 2.75. The van der Waals surface area contributed by atoms with Gasteiger partial charge >= 0.3 is 5.97 Å². The van der Waals surface area contributed by atoms with Crippen LogP contribution in [0.3, 0.4) is 0 Å². The van der Waals surface area contributed by atoms with Crippen molar-refractivity contribution in [1.82, 2.24) is 10.2 Å². The fourth-order valence-electron chi connectivity index (χ4n) is 13.9. The Balaban J connectivity index is 1.19. The molecule has 1 aromatic rings. The first-order valence-electron chi connectivity index (χ1n) is 19.9. The zero-order valence-electron chi connectivity index (χ0n) is 32.7. The van der Waals surface area contributed by atoms with Gasteiger partial charge in [-0.1, -0.05) is 65.0 Å². The van der Waals surface area contributed by atoms with E-state index in [0.717, 1.165) is 50.8 Å². The summed E-state index contributed by atoms with van der Waals surface area (Å²) >= 11 is 0. The van der Waals surface area contributed by atoms with Crippen LogP contribution in [0.2, 0.25) is 0 Å². The summed E-state index contributed by atoms with van der Waals surface area (Å²) in [4.78, 5) is 14.4. The number of allylic oxidation sites excluding steroid dienone is 3. The lowest BCUT2D eigenvalue weighted by molar-refractivity contribution is -0.289. The van der Waals surface area contributed by atoms with E-state index in [4.69, 9.17) is 4.74 Å². The van der Waals surface area contributed by atoms with Gasteiger partial charge < -0.3 is 25.2 Å². The van der Waals surface area contributed by atoms with Gasteiger partial charge in [0.05, 0.1) is 36.4 Å². The van der Waals surface area contributed by atoms with Crippen molar-refractivity contribution in [1.29, 1.82) is 0 Å². The van der Waals surface area contributed by atoms with Gasteiger partial charge in [-0.05, 0) is 116 Å². The van der Waals surface area contributed by atoms with Crippen molar-refractivity contribution >= 4 is 21.4 Å². The van der Waals surface area contributed by atoms with Crippen molar-refractivity contribution in [3.63, 3.8) is 0 Å². The number of ether oxygens (including phenoxy) is 1. The first-order valence-corrected chi connectivity index (χ1v) is 21.8. The van der Waals surface area contributed by atoms with E-state index >= 15 is 0 Å². The van der Waals surface area contributed by atoms with Crippen LogP contribution in [0.25, 0.3) is 5.57 Å². The standard InChI is InChI=1S/C43H64N2O6S/c1-27(2)30-15-18-43(44-19-20-45-21-23-52(49,50)24-22-45)26-36(47)41(6)32(37(30)43)13-14-33-40(5)17-16-31(28-9-11-29(12-10-28)38(48)51-8)39(3,4)34(40)25-35(46)42(33,41)7/h9-12,16,30,32-37,44,46-47H,1,13-15,17-26H2,2-8H3/t30-,32+,33+,34-,35-,36-,37+,40+,41-,42-,43-/m0/s1. The van der Waals surface area contributed by atoms with E-state index in [2.05, 4.69) is 64.4 Å². The van der Waals surface area contributed by atoms with E-state index < -0.39 is 32.9 Å². The van der Waals surface area contributed by atoms with Crippen molar-refractivity contribution in [3.05, 3.63) is 53.6 Å². The number of fused-ring (bicyclic) bond motifs is 7. The summed E-state index contributed by atoms with van der Waals surface area (Å²) in [6.45, 7) is 21.3. The Bertz CT molecular complexity index is 1710. The van der Waals surface area contributed by atoms with E-state index in [-0.39, 0.29) is 51.6 Å². The molecule has 11 atom stereocenters. The number of aliphatic hydroxyl groups excluding tert-OH is 2. The van der Waals surface area contributed by atoms with E-state index in [1.165, 1.54) is 18.3 Å². The summed E-state index contributed by atoms with van der Waals surface area (Å²) in [6, 6.07) is 7.77. The van der Waals surface area contributed by atoms with Crippen LogP contribution < -0.4 is 5.32 Å². The molecule has 52 heavy (non-hydrogen) atoms. The first kappa shape index (κ1) is 38.2. The number of sulfone groups is 1. The van der Waals surface area contributed by atoms with Gasteiger partial charge in [-0.2, -0.15) is 0 Å². The highest BCUT2D eigenvalue weighted by atomic mass is 32.2. The molecule has 1 saturated heterocycles. The fraction of sp³-hybridized carbons (Fsp3) is 0.744. The van der Waals surface area contributed by atoms with Crippen molar-refractivity contribution in [2.45, 2.75) is 104 Å². The van der Waals surface area contributed by atoms with Crippen LogP contribution in [0.5, 0.6) is 0 Å². The van der Waals surface area contributed by atoms with Gasteiger partial charge in [0, 0.05) is 42.5 Å². The van der Waals surface area contributed by atoms with Gasteiger partial charge in [0.15, 0.2) is 9.84 Å². The Labute approximate surface area is 312 Å². The molecule has 0 radical (unpaired) electrons. The largest absolute Gasteiger partial charge is 0.465 e. The van der Waals surface area contributed by atoms with E-state index in [1.54, 1.807) is 0 Å². The van der Waals surface area contributed by atoms with Gasteiger partial charge in [0.1, 0.15) is 0 Å². The molecule has 8 nitrogen and oxygen atoms in total. The molecular weight excluding hydrogens is 673 g/mol. The molecule has 9 heteroatoms. The lowest BCUT2D eigenvalue weighted by Gasteiger charge is -2.74. The number of rotatable bonds is 7. The zero-order valence-corrected chi connectivity index (χ0v) is 33.5. The average Bonchev–Trinajstić information content (AvgIpc) is 3.46. The maximum atomic E-state index is 12.7. The maximum absolute atomic E-state index is 12.7. The lowest BCUT2D eigenvalue weighted by Crippen LogP contribution is -2.75. The van der Waals surface area contributed by atoms with Crippen LogP contribution in [0.4, 0.5) is 0 Å². The highest BCUT2D eigenvalue weighted by molar-refractivity contribution is 7.91. The van der Waals surface area contributed by atoms with Crippen LogP contribution in [-0.4, -0.2) is 92.0 Å². The van der Waals surface area contributed by atoms with E-state index in [9.17, 15) is 23.4 Å². The molecule has 7 rings (SSSR count). The van der Waals surface area contributed by atoms with Crippen molar-refractivity contribution in [3.8, 4) is 0 Å². The SMILES string of the molecule is C=C(C)[C@@H]1CC[C@]2(NCCN3CCS(=O)(=O)CC3)C[C@H](O)[C@]3(C)[C@H](CC[C@@H]4[C@@]5(C)CC=C(c6ccc(C(=O)OC)cc6)C(C)(C)[C@@H]5C[C@H](O)[C@]43C)[C@@H]12. The molecule has 0 bridgehead atoms. The molecule has 3 N–H and O–H groups in total. The second-order valence-corrected chi connectivity index (χ2v) is 21.3. The second kappa shape index (κ2) is 13.0. The molecule has 288 valence electrons. The van der Waals surface area contributed by atoms with Crippen LogP contribution in [0, 0.1) is 51.2 Å².